The largest absolute Gasteiger partial charge is 0.368 e. The van der Waals surface area contributed by atoms with Crippen molar-refractivity contribution in [3.63, 3.8) is 0 Å². The van der Waals surface area contributed by atoms with Crippen LogP contribution >= 0.6 is 0 Å². The van der Waals surface area contributed by atoms with E-state index >= 15 is 0 Å². The molecule has 1 unspecified atom stereocenters. The molecular weight excluding hydrogens is 568 g/mol. The maximum atomic E-state index is 13.5. The molecule has 0 saturated carbocycles. The van der Waals surface area contributed by atoms with Crippen LogP contribution in [0.1, 0.15) is 28.5 Å². The molecule has 0 radical (unpaired) electrons. The Balaban J connectivity index is 1.32. The number of ether oxygens (including phenoxy) is 5. The van der Waals surface area contributed by atoms with Crippen LogP contribution in [0, 0.1) is 6.92 Å². The quantitative estimate of drug-likeness (QED) is 0.213. The third-order valence-electron chi connectivity index (χ3n) is 7.46. The van der Waals surface area contributed by atoms with Crippen LogP contribution in [0.4, 0.5) is 0 Å². The number of aryl methyl sites for hydroxylation is 1. The summed E-state index contributed by atoms with van der Waals surface area (Å²) in [4.78, 5) is 0.0210. The summed E-state index contributed by atoms with van der Waals surface area (Å²) in [5, 5.41) is 0. The van der Waals surface area contributed by atoms with Crippen molar-refractivity contribution in [2.75, 3.05) is 6.61 Å². The molecule has 0 aliphatic carbocycles. The van der Waals surface area contributed by atoms with E-state index in [1.165, 1.54) is 12.1 Å². The average Bonchev–Trinajstić information content (AvgIpc) is 3.04. The first-order valence-electron chi connectivity index (χ1n) is 14.2. The average molecular weight is 603 g/mol. The fourth-order valence-corrected chi connectivity index (χ4v) is 6.17. The van der Waals surface area contributed by atoms with Gasteiger partial charge in [-0.15, -0.1) is 0 Å². The lowest BCUT2D eigenvalue weighted by atomic mass is 9.97. The number of hydrogen-bond acceptors (Lipinski definition) is 8. The van der Waals surface area contributed by atoms with Gasteiger partial charge in [0.25, 0.3) is 10.1 Å². The maximum Gasteiger partial charge on any atom is 0.299 e. The molecule has 2 aliphatic heterocycles. The Morgan fingerprint density at radius 3 is 1.86 bits per heavy atom. The van der Waals surface area contributed by atoms with Gasteiger partial charge in [0.05, 0.1) is 24.7 Å². The topological polar surface area (TPSA) is 89.5 Å². The second-order valence-corrected chi connectivity index (χ2v) is 12.2. The zero-order valence-corrected chi connectivity index (χ0v) is 24.5. The van der Waals surface area contributed by atoms with Crippen LogP contribution in [0.2, 0.25) is 0 Å². The van der Waals surface area contributed by atoms with E-state index < -0.39 is 47.1 Å². The Hall–Kier alpha value is -3.41. The first kappa shape index (κ1) is 29.7. The lowest BCUT2D eigenvalue weighted by Crippen LogP contribution is -2.63. The minimum absolute atomic E-state index is 0.0210. The number of benzene rings is 4. The van der Waals surface area contributed by atoms with Crippen LogP contribution in [0.25, 0.3) is 0 Å². The molecular formula is C34H34O8S. The van der Waals surface area contributed by atoms with E-state index in [0.29, 0.717) is 0 Å². The van der Waals surface area contributed by atoms with Gasteiger partial charge in [0.2, 0.25) is 6.29 Å². The summed E-state index contributed by atoms with van der Waals surface area (Å²) in [6.07, 6.45) is -4.99. The van der Waals surface area contributed by atoms with Crippen LogP contribution in [-0.2, 0) is 51.2 Å². The molecule has 4 aromatic rings. The molecule has 2 fully saturated rings. The molecule has 0 amide bonds. The minimum Gasteiger partial charge on any atom is -0.368 e. The van der Waals surface area contributed by atoms with Gasteiger partial charge in [-0.2, -0.15) is 8.42 Å². The highest BCUT2D eigenvalue weighted by Gasteiger charge is 2.53. The van der Waals surface area contributed by atoms with Crippen LogP contribution in [0.3, 0.4) is 0 Å². The predicted molar refractivity (Wildman–Crippen MR) is 158 cm³/mol. The highest BCUT2D eigenvalue weighted by atomic mass is 32.2. The molecule has 43 heavy (non-hydrogen) atoms. The number of fused-ring (bicyclic) bond motifs is 1. The van der Waals surface area contributed by atoms with Crippen LogP contribution in [0.5, 0.6) is 0 Å². The van der Waals surface area contributed by atoms with Crippen molar-refractivity contribution in [1.82, 2.24) is 0 Å². The van der Waals surface area contributed by atoms with Gasteiger partial charge in [-0.05, 0) is 30.2 Å². The standard InChI is InChI=1S/C34H34O8S/c1-24-17-19-28(20-18-24)43(35,36)42-34-32(38-22-26-13-7-3-8-14-26)31(37-21-25-11-5-2-6-12-25)30-29(40-34)23-39-33(41-30)27-15-9-4-10-16-27/h2-20,29-34H,21-23H2,1H3/t29-,30-,31+,32-,33?,34+/m1/s1. The van der Waals surface area contributed by atoms with Gasteiger partial charge in [-0.3, -0.25) is 0 Å². The van der Waals surface area contributed by atoms with Crippen LogP contribution in [0.15, 0.2) is 120 Å². The second-order valence-electron chi connectivity index (χ2n) is 10.6. The molecule has 2 saturated heterocycles. The fraction of sp³-hybridized carbons (Fsp3) is 0.294. The molecule has 0 N–H and O–H groups in total. The normalized spacial score (nSPS) is 25.6. The van der Waals surface area contributed by atoms with Crippen molar-refractivity contribution < 1.29 is 36.3 Å². The lowest BCUT2D eigenvalue weighted by molar-refractivity contribution is -0.361. The zero-order valence-electron chi connectivity index (χ0n) is 23.7. The van der Waals surface area contributed by atoms with Crippen molar-refractivity contribution in [1.29, 1.82) is 0 Å². The molecule has 6 atom stereocenters. The second kappa shape index (κ2) is 13.5. The predicted octanol–water partition coefficient (Wildman–Crippen LogP) is 5.71. The third kappa shape index (κ3) is 7.22. The van der Waals surface area contributed by atoms with E-state index in [2.05, 4.69) is 0 Å². The molecule has 0 spiro atoms. The molecule has 224 valence electrons. The Labute approximate surface area is 252 Å². The van der Waals surface area contributed by atoms with E-state index in [1.54, 1.807) is 12.1 Å². The maximum absolute atomic E-state index is 13.5. The highest BCUT2D eigenvalue weighted by molar-refractivity contribution is 7.86. The summed E-state index contributed by atoms with van der Waals surface area (Å²) in [6.45, 7) is 2.46. The van der Waals surface area contributed by atoms with Crippen molar-refractivity contribution >= 4 is 10.1 Å². The smallest absolute Gasteiger partial charge is 0.299 e. The van der Waals surface area contributed by atoms with Gasteiger partial charge in [-0.1, -0.05) is 109 Å². The van der Waals surface area contributed by atoms with Gasteiger partial charge >= 0.3 is 0 Å². The zero-order chi connectivity index (χ0) is 29.6. The third-order valence-corrected chi connectivity index (χ3v) is 8.75. The first-order chi connectivity index (χ1) is 21.0. The molecule has 6 rings (SSSR count). The summed E-state index contributed by atoms with van der Waals surface area (Å²) < 4.78 is 64.4. The number of rotatable bonds is 10. The SMILES string of the molecule is Cc1ccc(S(=O)(=O)O[C@@H]2O[C@@H]3COC(c4ccccc4)O[C@H]3[C@H](OCc3ccccc3)[C@H]2OCc2ccccc2)cc1. The van der Waals surface area contributed by atoms with E-state index in [-0.39, 0.29) is 24.7 Å². The van der Waals surface area contributed by atoms with Crippen molar-refractivity contribution in [3.8, 4) is 0 Å². The van der Waals surface area contributed by atoms with Crippen molar-refractivity contribution in [2.45, 2.75) is 62.0 Å². The summed E-state index contributed by atoms with van der Waals surface area (Å²) in [7, 11) is -4.22. The van der Waals surface area contributed by atoms with Gasteiger partial charge in [-0.25, -0.2) is 4.18 Å². The Bertz CT molecular complexity index is 1550. The van der Waals surface area contributed by atoms with E-state index in [4.69, 9.17) is 27.9 Å². The summed E-state index contributed by atoms with van der Waals surface area (Å²) in [6, 6.07) is 35.4. The Morgan fingerprint density at radius 1 is 0.698 bits per heavy atom. The van der Waals surface area contributed by atoms with Gasteiger partial charge < -0.3 is 23.7 Å². The molecule has 4 aromatic carbocycles. The van der Waals surface area contributed by atoms with E-state index in [0.717, 1.165) is 22.3 Å². The van der Waals surface area contributed by atoms with E-state index in [1.807, 2.05) is 97.9 Å². The van der Waals surface area contributed by atoms with Crippen LogP contribution in [-0.4, -0.2) is 45.7 Å². The Kier molecular flexibility index (Phi) is 9.30. The molecule has 8 nitrogen and oxygen atoms in total. The van der Waals surface area contributed by atoms with E-state index in [9.17, 15) is 8.42 Å². The molecule has 0 bridgehead atoms. The fourth-order valence-electron chi connectivity index (χ4n) is 5.19. The number of hydrogen-bond donors (Lipinski definition) is 0. The Morgan fingerprint density at radius 2 is 1.26 bits per heavy atom. The minimum atomic E-state index is -4.22. The molecule has 2 heterocycles. The van der Waals surface area contributed by atoms with Gasteiger partial charge in [0.1, 0.15) is 24.4 Å². The van der Waals surface area contributed by atoms with Crippen LogP contribution < -0.4 is 0 Å². The summed E-state index contributed by atoms with van der Waals surface area (Å²) >= 11 is 0. The van der Waals surface area contributed by atoms with Crippen molar-refractivity contribution in [3.05, 3.63) is 138 Å². The monoisotopic (exact) mass is 602 g/mol. The van der Waals surface area contributed by atoms with Gasteiger partial charge in [0, 0.05) is 5.56 Å². The molecule has 2 aliphatic rings. The first-order valence-corrected chi connectivity index (χ1v) is 15.7. The summed E-state index contributed by atoms with van der Waals surface area (Å²) in [5.41, 5.74) is 3.63. The highest BCUT2D eigenvalue weighted by Crippen LogP contribution is 2.38. The summed E-state index contributed by atoms with van der Waals surface area (Å²) in [5.74, 6) is 0. The molecule has 0 aromatic heterocycles. The molecule has 9 heteroatoms. The van der Waals surface area contributed by atoms with Gasteiger partial charge in [0.15, 0.2) is 6.29 Å². The lowest BCUT2D eigenvalue weighted by Gasteiger charge is -2.48. The van der Waals surface area contributed by atoms with Crippen molar-refractivity contribution in [2.24, 2.45) is 0 Å².